The predicted molar refractivity (Wildman–Crippen MR) is 70.0 cm³/mol. The third-order valence-electron chi connectivity index (χ3n) is 2.54. The average molecular weight is 246 g/mol. The van der Waals surface area contributed by atoms with Gasteiger partial charge in [0.1, 0.15) is 12.4 Å². The SMILES string of the molecule is CNc1nc(N(C)CC(=O)O)nc2ccccc12. The molecule has 0 atom stereocenters. The summed E-state index contributed by atoms with van der Waals surface area (Å²) in [4.78, 5) is 20.8. The summed E-state index contributed by atoms with van der Waals surface area (Å²) in [5.74, 6) is 0.161. The lowest BCUT2D eigenvalue weighted by molar-refractivity contribution is -0.135. The number of nitrogens with one attached hydrogen (secondary N) is 1. The van der Waals surface area contributed by atoms with Gasteiger partial charge in [0, 0.05) is 19.5 Å². The molecule has 0 aliphatic heterocycles. The highest BCUT2D eigenvalue weighted by Crippen LogP contribution is 2.22. The minimum Gasteiger partial charge on any atom is -0.480 e. The monoisotopic (exact) mass is 246 g/mol. The van der Waals surface area contributed by atoms with Crippen LogP contribution in [0.15, 0.2) is 24.3 Å². The quantitative estimate of drug-likeness (QED) is 0.843. The highest BCUT2D eigenvalue weighted by molar-refractivity contribution is 5.90. The van der Waals surface area contributed by atoms with Crippen molar-refractivity contribution >= 4 is 28.6 Å². The van der Waals surface area contributed by atoms with Gasteiger partial charge in [0.05, 0.1) is 5.52 Å². The smallest absolute Gasteiger partial charge is 0.323 e. The van der Waals surface area contributed by atoms with Crippen LogP contribution in [0.1, 0.15) is 0 Å². The fraction of sp³-hybridized carbons (Fsp3) is 0.250. The number of likely N-dealkylation sites (N-methyl/N-ethyl adjacent to an activating group) is 1. The van der Waals surface area contributed by atoms with E-state index in [1.54, 1.807) is 14.1 Å². The molecule has 2 rings (SSSR count). The number of fused-ring (bicyclic) bond motifs is 1. The molecule has 6 heteroatoms. The Balaban J connectivity index is 2.49. The number of para-hydroxylation sites is 1. The van der Waals surface area contributed by atoms with Crippen molar-refractivity contribution in [2.45, 2.75) is 0 Å². The molecule has 6 nitrogen and oxygen atoms in total. The van der Waals surface area contributed by atoms with Crippen LogP contribution in [-0.2, 0) is 4.79 Å². The van der Waals surface area contributed by atoms with Crippen molar-refractivity contribution in [2.24, 2.45) is 0 Å². The van der Waals surface area contributed by atoms with Gasteiger partial charge in [0.15, 0.2) is 0 Å². The fourth-order valence-corrected chi connectivity index (χ4v) is 1.70. The van der Waals surface area contributed by atoms with E-state index in [4.69, 9.17) is 5.11 Å². The Morgan fingerprint density at radius 1 is 1.39 bits per heavy atom. The molecule has 2 N–H and O–H groups in total. The molecule has 0 saturated carbocycles. The van der Waals surface area contributed by atoms with Crippen LogP contribution in [0.4, 0.5) is 11.8 Å². The third-order valence-corrected chi connectivity index (χ3v) is 2.54. The van der Waals surface area contributed by atoms with Crippen LogP contribution in [0.2, 0.25) is 0 Å². The molecule has 1 aromatic carbocycles. The molecule has 0 aliphatic carbocycles. The van der Waals surface area contributed by atoms with E-state index in [2.05, 4.69) is 15.3 Å². The highest BCUT2D eigenvalue weighted by Gasteiger charge is 2.11. The van der Waals surface area contributed by atoms with Crippen molar-refractivity contribution in [1.82, 2.24) is 9.97 Å². The van der Waals surface area contributed by atoms with Crippen LogP contribution in [-0.4, -0.2) is 41.7 Å². The maximum atomic E-state index is 10.7. The van der Waals surface area contributed by atoms with Gasteiger partial charge in [-0.25, -0.2) is 4.98 Å². The number of hydrogen-bond acceptors (Lipinski definition) is 5. The molecular weight excluding hydrogens is 232 g/mol. The molecular formula is C12H14N4O2. The molecule has 94 valence electrons. The zero-order valence-electron chi connectivity index (χ0n) is 10.2. The molecule has 1 aromatic heterocycles. The standard InChI is InChI=1S/C12H14N4O2/c1-13-11-8-5-3-4-6-9(8)14-12(15-11)16(2)7-10(17)18/h3-6H,7H2,1-2H3,(H,17,18)(H,13,14,15). The zero-order valence-corrected chi connectivity index (χ0v) is 10.2. The van der Waals surface area contributed by atoms with Crippen molar-refractivity contribution in [1.29, 1.82) is 0 Å². The number of aromatic nitrogens is 2. The average Bonchev–Trinajstić information content (AvgIpc) is 2.36. The molecule has 0 radical (unpaired) electrons. The summed E-state index contributed by atoms with van der Waals surface area (Å²) >= 11 is 0. The van der Waals surface area contributed by atoms with Gasteiger partial charge in [-0.3, -0.25) is 4.79 Å². The first-order valence-electron chi connectivity index (χ1n) is 5.49. The Morgan fingerprint density at radius 2 is 2.11 bits per heavy atom. The Morgan fingerprint density at radius 3 is 2.78 bits per heavy atom. The van der Waals surface area contributed by atoms with Crippen molar-refractivity contribution in [3.63, 3.8) is 0 Å². The summed E-state index contributed by atoms with van der Waals surface area (Å²) in [6.45, 7) is -0.137. The van der Waals surface area contributed by atoms with Gasteiger partial charge in [-0.05, 0) is 12.1 Å². The topological polar surface area (TPSA) is 78.4 Å². The van der Waals surface area contributed by atoms with Gasteiger partial charge in [-0.2, -0.15) is 4.98 Å². The van der Waals surface area contributed by atoms with Crippen LogP contribution < -0.4 is 10.2 Å². The number of aliphatic carboxylic acids is 1. The van der Waals surface area contributed by atoms with E-state index in [0.29, 0.717) is 11.8 Å². The molecule has 0 bridgehead atoms. The van der Waals surface area contributed by atoms with Crippen LogP contribution in [0.3, 0.4) is 0 Å². The first kappa shape index (κ1) is 12.1. The van der Waals surface area contributed by atoms with Gasteiger partial charge in [0.2, 0.25) is 5.95 Å². The van der Waals surface area contributed by atoms with Crippen LogP contribution >= 0.6 is 0 Å². The summed E-state index contributed by atoms with van der Waals surface area (Å²) in [5.41, 5.74) is 0.782. The van der Waals surface area contributed by atoms with E-state index >= 15 is 0 Å². The number of rotatable bonds is 4. The van der Waals surface area contributed by atoms with E-state index < -0.39 is 5.97 Å². The van der Waals surface area contributed by atoms with Crippen LogP contribution in [0.5, 0.6) is 0 Å². The first-order valence-corrected chi connectivity index (χ1v) is 5.49. The number of hydrogen-bond donors (Lipinski definition) is 2. The van der Waals surface area contributed by atoms with Gasteiger partial charge in [-0.1, -0.05) is 12.1 Å². The molecule has 0 fully saturated rings. The van der Waals surface area contributed by atoms with E-state index in [9.17, 15) is 4.79 Å². The molecule has 0 amide bonds. The maximum absolute atomic E-state index is 10.7. The summed E-state index contributed by atoms with van der Waals surface area (Å²) < 4.78 is 0. The van der Waals surface area contributed by atoms with Gasteiger partial charge < -0.3 is 15.3 Å². The third kappa shape index (κ3) is 2.32. The summed E-state index contributed by atoms with van der Waals surface area (Å²) in [6.07, 6.45) is 0. The Kier molecular flexibility index (Phi) is 3.27. The fourth-order valence-electron chi connectivity index (χ4n) is 1.70. The molecule has 0 saturated heterocycles. The van der Waals surface area contributed by atoms with E-state index in [1.165, 1.54) is 4.90 Å². The molecule has 0 spiro atoms. The minimum atomic E-state index is -0.916. The number of carboxylic acids is 1. The minimum absolute atomic E-state index is 0.137. The van der Waals surface area contributed by atoms with E-state index in [-0.39, 0.29) is 6.54 Å². The molecule has 2 aromatic rings. The van der Waals surface area contributed by atoms with Crippen molar-refractivity contribution in [3.05, 3.63) is 24.3 Å². The summed E-state index contributed by atoms with van der Waals surface area (Å²) in [5, 5.41) is 12.7. The normalized spacial score (nSPS) is 10.3. The van der Waals surface area contributed by atoms with Gasteiger partial charge in [0.25, 0.3) is 0 Å². The second-order valence-electron chi connectivity index (χ2n) is 3.89. The van der Waals surface area contributed by atoms with Gasteiger partial charge in [-0.15, -0.1) is 0 Å². The molecule has 0 unspecified atom stereocenters. The highest BCUT2D eigenvalue weighted by atomic mass is 16.4. The summed E-state index contributed by atoms with van der Waals surface area (Å²) in [6, 6.07) is 7.58. The summed E-state index contributed by atoms with van der Waals surface area (Å²) in [7, 11) is 3.42. The number of nitrogens with zero attached hydrogens (tertiary/aromatic N) is 3. The Bertz CT molecular complexity index is 585. The second kappa shape index (κ2) is 4.87. The lowest BCUT2D eigenvalue weighted by Gasteiger charge is -2.16. The van der Waals surface area contributed by atoms with Crippen molar-refractivity contribution in [2.75, 3.05) is 30.9 Å². The largest absolute Gasteiger partial charge is 0.480 e. The van der Waals surface area contributed by atoms with Crippen molar-refractivity contribution < 1.29 is 9.90 Å². The predicted octanol–water partition coefficient (Wildman–Crippen LogP) is 1.19. The number of carboxylic acid groups (broad SMARTS) is 1. The first-order chi connectivity index (χ1) is 8.61. The van der Waals surface area contributed by atoms with Crippen LogP contribution in [0.25, 0.3) is 10.9 Å². The van der Waals surface area contributed by atoms with Crippen LogP contribution in [0, 0.1) is 0 Å². The van der Waals surface area contributed by atoms with Gasteiger partial charge >= 0.3 is 5.97 Å². The lowest BCUT2D eigenvalue weighted by atomic mass is 10.2. The van der Waals surface area contributed by atoms with E-state index in [1.807, 2.05) is 24.3 Å². The maximum Gasteiger partial charge on any atom is 0.323 e. The molecule has 0 aliphatic rings. The number of anilines is 2. The Labute approximate surface area is 104 Å². The molecule has 1 heterocycles. The second-order valence-corrected chi connectivity index (χ2v) is 3.89. The lowest BCUT2D eigenvalue weighted by Crippen LogP contribution is -2.27. The van der Waals surface area contributed by atoms with Crippen molar-refractivity contribution in [3.8, 4) is 0 Å². The molecule has 18 heavy (non-hydrogen) atoms. The number of carbonyl (C=O) groups is 1. The number of benzene rings is 1. The van der Waals surface area contributed by atoms with E-state index in [0.717, 1.165) is 10.9 Å². The Hall–Kier alpha value is -2.37. The zero-order chi connectivity index (χ0) is 13.1.